The summed E-state index contributed by atoms with van der Waals surface area (Å²) < 4.78 is 1.55. The Morgan fingerprint density at radius 1 is 1.07 bits per heavy atom. The van der Waals surface area contributed by atoms with Gasteiger partial charge in [-0.1, -0.05) is 29.8 Å². The number of rotatable bonds is 3. The van der Waals surface area contributed by atoms with Crippen molar-refractivity contribution in [1.82, 2.24) is 14.8 Å². The summed E-state index contributed by atoms with van der Waals surface area (Å²) in [6, 6.07) is 13.8. The van der Waals surface area contributed by atoms with Crippen LogP contribution in [0.1, 0.15) is 16.1 Å². The molecule has 4 rings (SSSR count). The van der Waals surface area contributed by atoms with Crippen molar-refractivity contribution in [2.24, 2.45) is 7.05 Å². The van der Waals surface area contributed by atoms with Crippen molar-refractivity contribution in [1.29, 1.82) is 0 Å². The summed E-state index contributed by atoms with van der Waals surface area (Å²) >= 11 is 6.27. The Hall–Kier alpha value is -3.18. The molecule has 2 heterocycles. The van der Waals surface area contributed by atoms with E-state index in [0.717, 1.165) is 33.2 Å². The Labute approximate surface area is 161 Å². The Kier molecular flexibility index (Phi) is 4.38. The maximum absolute atomic E-state index is 12.4. The fourth-order valence-electron chi connectivity index (χ4n) is 3.07. The number of nitrogens with one attached hydrogen (secondary N) is 1. The van der Waals surface area contributed by atoms with Gasteiger partial charge in [0.05, 0.1) is 5.02 Å². The lowest BCUT2D eigenvalue weighted by atomic mass is 10.00. The highest BCUT2D eigenvalue weighted by atomic mass is 35.5. The molecular weight excluding hydrogens is 360 g/mol. The predicted octanol–water partition coefficient (Wildman–Crippen LogP) is 4.85. The molecular formula is C21H17ClN4O. The van der Waals surface area contributed by atoms with E-state index < -0.39 is 0 Å². The van der Waals surface area contributed by atoms with E-state index in [1.807, 2.05) is 31.2 Å². The lowest BCUT2D eigenvalue weighted by Gasteiger charge is -2.11. The number of nitrogens with zero attached hydrogens (tertiary/aromatic N) is 3. The molecule has 0 unspecified atom stereocenters. The molecule has 27 heavy (non-hydrogen) atoms. The molecule has 0 atom stereocenters. The molecule has 4 aromatic rings. The van der Waals surface area contributed by atoms with Gasteiger partial charge in [0.2, 0.25) is 0 Å². The standard InChI is InChI=1S/C21H17ClN4O/c1-13-9-14(15-3-4-16-11-23-12-18(22)17(16)10-15)5-6-19(13)25-21(27)20-7-8-24-26(20)2/h3-12H,1-2H3,(H,25,27). The topological polar surface area (TPSA) is 59.8 Å². The Bertz CT molecular complexity index is 1170. The monoisotopic (exact) mass is 376 g/mol. The average molecular weight is 377 g/mol. The molecule has 0 aliphatic heterocycles. The van der Waals surface area contributed by atoms with Gasteiger partial charge in [-0.25, -0.2) is 0 Å². The molecule has 1 amide bonds. The lowest BCUT2D eigenvalue weighted by molar-refractivity contribution is 0.101. The molecule has 0 saturated heterocycles. The number of aromatic nitrogens is 3. The number of carbonyl (C=O) groups excluding carboxylic acids is 1. The van der Waals surface area contributed by atoms with Crippen molar-refractivity contribution in [2.45, 2.75) is 6.92 Å². The number of carbonyl (C=O) groups is 1. The van der Waals surface area contributed by atoms with Gasteiger partial charge in [-0.3, -0.25) is 14.5 Å². The van der Waals surface area contributed by atoms with Gasteiger partial charge in [0, 0.05) is 42.1 Å². The van der Waals surface area contributed by atoms with E-state index >= 15 is 0 Å². The van der Waals surface area contributed by atoms with Crippen LogP contribution in [0.25, 0.3) is 21.9 Å². The van der Waals surface area contributed by atoms with Crippen molar-refractivity contribution in [2.75, 3.05) is 5.32 Å². The first-order chi connectivity index (χ1) is 13.0. The van der Waals surface area contributed by atoms with Crippen LogP contribution in [0.5, 0.6) is 0 Å². The second kappa shape index (κ2) is 6.85. The van der Waals surface area contributed by atoms with Crippen LogP contribution in [-0.4, -0.2) is 20.7 Å². The van der Waals surface area contributed by atoms with Gasteiger partial charge in [0.1, 0.15) is 5.69 Å². The van der Waals surface area contributed by atoms with E-state index in [1.54, 1.807) is 36.4 Å². The molecule has 0 radical (unpaired) electrons. The second-order valence-electron chi connectivity index (χ2n) is 6.38. The number of halogens is 1. The Morgan fingerprint density at radius 3 is 2.59 bits per heavy atom. The van der Waals surface area contributed by atoms with Gasteiger partial charge < -0.3 is 5.32 Å². The van der Waals surface area contributed by atoms with Gasteiger partial charge in [-0.2, -0.15) is 5.10 Å². The van der Waals surface area contributed by atoms with Gasteiger partial charge in [-0.15, -0.1) is 0 Å². The smallest absolute Gasteiger partial charge is 0.273 e. The summed E-state index contributed by atoms with van der Waals surface area (Å²) in [5.74, 6) is -0.184. The third-order valence-corrected chi connectivity index (χ3v) is 4.87. The van der Waals surface area contributed by atoms with Crippen LogP contribution in [0.4, 0.5) is 5.69 Å². The number of hydrogen-bond donors (Lipinski definition) is 1. The Balaban J connectivity index is 1.65. The van der Waals surface area contributed by atoms with E-state index in [2.05, 4.69) is 27.5 Å². The van der Waals surface area contributed by atoms with Gasteiger partial charge in [-0.05, 0) is 47.9 Å². The van der Waals surface area contributed by atoms with Crippen LogP contribution in [0, 0.1) is 6.92 Å². The van der Waals surface area contributed by atoms with Crippen molar-refractivity contribution >= 4 is 34.0 Å². The number of amides is 1. The zero-order chi connectivity index (χ0) is 19.0. The molecule has 0 bridgehead atoms. The third kappa shape index (κ3) is 3.29. The summed E-state index contributed by atoms with van der Waals surface area (Å²) in [6.45, 7) is 1.97. The molecule has 0 saturated carbocycles. The minimum absolute atomic E-state index is 0.184. The largest absolute Gasteiger partial charge is 0.320 e. The minimum Gasteiger partial charge on any atom is -0.320 e. The van der Waals surface area contributed by atoms with Crippen LogP contribution in [0.15, 0.2) is 61.1 Å². The molecule has 1 N–H and O–H groups in total. The molecule has 0 spiro atoms. The molecule has 2 aromatic heterocycles. The van der Waals surface area contributed by atoms with Crippen LogP contribution >= 0.6 is 11.6 Å². The van der Waals surface area contributed by atoms with Gasteiger partial charge in [0.15, 0.2) is 0 Å². The van der Waals surface area contributed by atoms with Crippen LogP contribution in [0.3, 0.4) is 0 Å². The summed E-state index contributed by atoms with van der Waals surface area (Å²) in [6.07, 6.45) is 5.05. The zero-order valence-corrected chi connectivity index (χ0v) is 15.7. The number of fused-ring (bicyclic) bond motifs is 1. The molecule has 5 nitrogen and oxygen atoms in total. The highest BCUT2D eigenvalue weighted by Crippen LogP contribution is 2.30. The maximum Gasteiger partial charge on any atom is 0.273 e. The van der Waals surface area contributed by atoms with Crippen molar-refractivity contribution in [3.63, 3.8) is 0 Å². The van der Waals surface area contributed by atoms with Crippen molar-refractivity contribution in [3.05, 3.63) is 77.3 Å². The van der Waals surface area contributed by atoms with Crippen LogP contribution in [0.2, 0.25) is 5.02 Å². The van der Waals surface area contributed by atoms with Crippen molar-refractivity contribution < 1.29 is 4.79 Å². The summed E-state index contributed by atoms with van der Waals surface area (Å²) in [5.41, 5.74) is 4.37. The first-order valence-corrected chi connectivity index (χ1v) is 8.84. The number of aryl methyl sites for hydroxylation is 2. The van der Waals surface area contributed by atoms with Crippen LogP contribution < -0.4 is 5.32 Å². The third-order valence-electron chi connectivity index (χ3n) is 4.57. The molecule has 0 aliphatic rings. The second-order valence-corrected chi connectivity index (χ2v) is 6.79. The van der Waals surface area contributed by atoms with Crippen molar-refractivity contribution in [3.8, 4) is 11.1 Å². The predicted molar refractivity (Wildman–Crippen MR) is 108 cm³/mol. The summed E-state index contributed by atoms with van der Waals surface area (Å²) in [4.78, 5) is 16.5. The number of benzene rings is 2. The molecule has 2 aromatic carbocycles. The summed E-state index contributed by atoms with van der Waals surface area (Å²) in [7, 11) is 1.74. The van der Waals surface area contributed by atoms with E-state index in [0.29, 0.717) is 10.7 Å². The quantitative estimate of drug-likeness (QED) is 0.556. The van der Waals surface area contributed by atoms with Crippen LogP contribution in [-0.2, 0) is 7.05 Å². The molecule has 0 fully saturated rings. The van der Waals surface area contributed by atoms with E-state index in [1.165, 1.54) is 0 Å². The maximum atomic E-state index is 12.4. The molecule has 0 aliphatic carbocycles. The highest BCUT2D eigenvalue weighted by Gasteiger charge is 2.12. The minimum atomic E-state index is -0.184. The SMILES string of the molecule is Cc1cc(-c2ccc3cncc(Cl)c3c2)ccc1NC(=O)c1ccnn1C. The zero-order valence-electron chi connectivity index (χ0n) is 14.9. The fourth-order valence-corrected chi connectivity index (χ4v) is 3.29. The van der Waals surface area contributed by atoms with Gasteiger partial charge >= 0.3 is 0 Å². The lowest BCUT2D eigenvalue weighted by Crippen LogP contribution is -2.16. The average Bonchev–Trinajstić information content (AvgIpc) is 3.09. The first kappa shape index (κ1) is 17.2. The number of anilines is 1. The normalized spacial score (nSPS) is 10.9. The molecule has 134 valence electrons. The van der Waals surface area contributed by atoms with E-state index in [4.69, 9.17) is 11.6 Å². The number of pyridine rings is 1. The number of hydrogen-bond acceptors (Lipinski definition) is 3. The molecule has 6 heteroatoms. The van der Waals surface area contributed by atoms with E-state index in [9.17, 15) is 4.79 Å². The highest BCUT2D eigenvalue weighted by molar-refractivity contribution is 6.35. The van der Waals surface area contributed by atoms with Gasteiger partial charge in [0.25, 0.3) is 5.91 Å². The fraction of sp³-hybridized carbons (Fsp3) is 0.0952. The summed E-state index contributed by atoms with van der Waals surface area (Å²) in [5, 5.41) is 9.57. The first-order valence-electron chi connectivity index (χ1n) is 8.46. The Morgan fingerprint density at radius 2 is 1.85 bits per heavy atom. The van der Waals surface area contributed by atoms with E-state index in [-0.39, 0.29) is 5.91 Å².